The summed E-state index contributed by atoms with van der Waals surface area (Å²) in [7, 11) is 2.61. The van der Waals surface area contributed by atoms with Gasteiger partial charge in [-0.25, -0.2) is 0 Å². The third kappa shape index (κ3) is 3.15. The van der Waals surface area contributed by atoms with E-state index < -0.39 is 16.9 Å². The third-order valence-corrected chi connectivity index (χ3v) is 2.54. The Morgan fingerprint density at radius 2 is 2.10 bits per heavy atom. The number of nitrogens with zero attached hydrogens (tertiary/aromatic N) is 1. The number of hydrogen-bond acceptors (Lipinski definition) is 7. The first kappa shape index (κ1) is 15.7. The SMILES string of the molecule is CCOC(=N)C(O)c1cc(OC)c(OC)c([N+](=O)[O-])c1. The highest BCUT2D eigenvalue weighted by atomic mass is 16.6. The van der Waals surface area contributed by atoms with Crippen molar-refractivity contribution in [3.8, 4) is 11.5 Å². The van der Waals surface area contributed by atoms with Crippen LogP contribution >= 0.6 is 0 Å². The van der Waals surface area contributed by atoms with Gasteiger partial charge in [-0.05, 0) is 13.0 Å². The van der Waals surface area contributed by atoms with Gasteiger partial charge in [0.2, 0.25) is 11.6 Å². The van der Waals surface area contributed by atoms with Gasteiger partial charge in [0.05, 0.1) is 25.7 Å². The molecule has 0 amide bonds. The molecule has 0 aliphatic carbocycles. The summed E-state index contributed by atoms with van der Waals surface area (Å²) in [6.07, 6.45) is -1.41. The minimum atomic E-state index is -1.41. The molecule has 0 spiro atoms. The highest BCUT2D eigenvalue weighted by Crippen LogP contribution is 2.39. The van der Waals surface area contributed by atoms with E-state index >= 15 is 0 Å². The van der Waals surface area contributed by atoms with Gasteiger partial charge in [0.15, 0.2) is 11.9 Å². The zero-order valence-electron chi connectivity index (χ0n) is 11.4. The quantitative estimate of drug-likeness (QED) is 0.355. The van der Waals surface area contributed by atoms with Gasteiger partial charge in [-0.1, -0.05) is 0 Å². The molecule has 0 heterocycles. The lowest BCUT2D eigenvalue weighted by atomic mass is 10.1. The predicted molar refractivity (Wildman–Crippen MR) is 70.5 cm³/mol. The second kappa shape index (κ2) is 6.71. The number of nitro groups is 1. The van der Waals surface area contributed by atoms with E-state index in [1.54, 1.807) is 6.92 Å². The zero-order chi connectivity index (χ0) is 15.3. The molecule has 0 bridgehead atoms. The fourth-order valence-corrected chi connectivity index (χ4v) is 1.64. The lowest BCUT2D eigenvalue weighted by Crippen LogP contribution is -2.15. The molecular weight excluding hydrogens is 268 g/mol. The molecule has 2 N–H and O–H groups in total. The molecule has 20 heavy (non-hydrogen) atoms. The number of nitro benzene ring substituents is 1. The van der Waals surface area contributed by atoms with Crippen LogP contribution in [0, 0.1) is 15.5 Å². The zero-order valence-corrected chi connectivity index (χ0v) is 11.4. The van der Waals surface area contributed by atoms with Gasteiger partial charge in [-0.3, -0.25) is 15.5 Å². The van der Waals surface area contributed by atoms with Gasteiger partial charge in [-0.15, -0.1) is 0 Å². The topological polar surface area (TPSA) is 115 Å². The average molecular weight is 284 g/mol. The molecule has 8 nitrogen and oxygen atoms in total. The maximum Gasteiger partial charge on any atom is 0.315 e. The van der Waals surface area contributed by atoms with Crippen LogP contribution in [0.5, 0.6) is 11.5 Å². The van der Waals surface area contributed by atoms with Crippen LogP contribution in [0.25, 0.3) is 0 Å². The van der Waals surface area contributed by atoms with Gasteiger partial charge >= 0.3 is 5.69 Å². The molecule has 0 radical (unpaired) electrons. The van der Waals surface area contributed by atoms with Gasteiger partial charge in [-0.2, -0.15) is 0 Å². The summed E-state index contributed by atoms with van der Waals surface area (Å²) in [5.74, 6) is -0.342. The highest BCUT2D eigenvalue weighted by molar-refractivity contribution is 5.80. The third-order valence-electron chi connectivity index (χ3n) is 2.54. The van der Waals surface area contributed by atoms with Crippen LogP contribution in [-0.4, -0.2) is 36.8 Å². The molecule has 0 aliphatic heterocycles. The Balaban J connectivity index is 3.32. The lowest BCUT2D eigenvalue weighted by Gasteiger charge is -2.15. The maximum absolute atomic E-state index is 11.0. The summed E-state index contributed by atoms with van der Waals surface area (Å²) < 4.78 is 14.8. The molecular formula is C12H16N2O6. The first-order valence-corrected chi connectivity index (χ1v) is 5.75. The van der Waals surface area contributed by atoms with E-state index in [0.29, 0.717) is 0 Å². The van der Waals surface area contributed by atoms with Gasteiger partial charge in [0.1, 0.15) is 0 Å². The summed E-state index contributed by atoms with van der Waals surface area (Å²) in [4.78, 5) is 10.4. The molecule has 1 aromatic carbocycles. The van der Waals surface area contributed by atoms with Crippen molar-refractivity contribution in [1.82, 2.24) is 0 Å². The first-order valence-electron chi connectivity index (χ1n) is 5.75. The molecule has 1 aromatic rings. The second-order valence-electron chi connectivity index (χ2n) is 3.73. The lowest BCUT2D eigenvalue weighted by molar-refractivity contribution is -0.385. The number of nitrogens with one attached hydrogen (secondary N) is 1. The number of ether oxygens (including phenoxy) is 3. The van der Waals surface area contributed by atoms with Crippen molar-refractivity contribution in [2.45, 2.75) is 13.0 Å². The normalized spacial score (nSPS) is 11.6. The molecule has 0 saturated heterocycles. The minimum absolute atomic E-state index is 0.0450. The van der Waals surface area contributed by atoms with Crippen LogP contribution in [0.3, 0.4) is 0 Å². The largest absolute Gasteiger partial charge is 0.493 e. The molecule has 1 unspecified atom stereocenters. The van der Waals surface area contributed by atoms with Crippen LogP contribution in [0.1, 0.15) is 18.6 Å². The van der Waals surface area contributed by atoms with Crippen LogP contribution in [0.15, 0.2) is 12.1 Å². The van der Waals surface area contributed by atoms with Gasteiger partial charge < -0.3 is 19.3 Å². The molecule has 0 aromatic heterocycles. The Labute approximate surface area is 115 Å². The highest BCUT2D eigenvalue weighted by Gasteiger charge is 2.25. The van der Waals surface area contributed by atoms with E-state index in [4.69, 9.17) is 19.6 Å². The van der Waals surface area contributed by atoms with Crippen molar-refractivity contribution in [3.63, 3.8) is 0 Å². The number of hydrogen-bond donors (Lipinski definition) is 2. The van der Waals surface area contributed by atoms with E-state index in [1.165, 1.54) is 20.3 Å². The van der Waals surface area contributed by atoms with Crippen molar-refractivity contribution in [3.05, 3.63) is 27.8 Å². The fourth-order valence-electron chi connectivity index (χ4n) is 1.64. The first-order chi connectivity index (χ1) is 9.46. The Morgan fingerprint density at radius 3 is 2.55 bits per heavy atom. The van der Waals surface area contributed by atoms with Crippen molar-refractivity contribution in [1.29, 1.82) is 5.41 Å². The van der Waals surface area contributed by atoms with E-state index in [-0.39, 0.29) is 29.4 Å². The summed E-state index contributed by atoms with van der Waals surface area (Å²) >= 11 is 0. The van der Waals surface area contributed by atoms with Crippen molar-refractivity contribution < 1.29 is 24.2 Å². The molecule has 0 fully saturated rings. The smallest absolute Gasteiger partial charge is 0.315 e. The van der Waals surface area contributed by atoms with Gasteiger partial charge in [0, 0.05) is 11.6 Å². The predicted octanol–water partition coefficient (Wildman–Crippen LogP) is 1.66. The van der Waals surface area contributed by atoms with Crippen LogP contribution in [-0.2, 0) is 4.74 Å². The van der Waals surface area contributed by atoms with Crippen LogP contribution in [0.2, 0.25) is 0 Å². The molecule has 110 valence electrons. The summed E-state index contributed by atoms with van der Waals surface area (Å²) in [5, 5.41) is 28.5. The molecule has 1 rings (SSSR count). The summed E-state index contributed by atoms with van der Waals surface area (Å²) in [6.45, 7) is 1.88. The molecule has 0 aliphatic rings. The fraction of sp³-hybridized carbons (Fsp3) is 0.417. The molecule has 1 atom stereocenters. The van der Waals surface area contributed by atoms with Crippen molar-refractivity contribution in [2.24, 2.45) is 0 Å². The van der Waals surface area contributed by atoms with Crippen LogP contribution in [0.4, 0.5) is 5.69 Å². The van der Waals surface area contributed by atoms with E-state index in [1.807, 2.05) is 0 Å². The number of aliphatic hydroxyl groups excluding tert-OH is 1. The molecule has 8 heteroatoms. The Hall–Kier alpha value is -2.35. The minimum Gasteiger partial charge on any atom is -0.493 e. The Morgan fingerprint density at radius 1 is 1.45 bits per heavy atom. The van der Waals surface area contributed by atoms with Gasteiger partial charge in [0.25, 0.3) is 0 Å². The Bertz CT molecular complexity index is 517. The van der Waals surface area contributed by atoms with Crippen LogP contribution < -0.4 is 9.47 Å². The maximum atomic E-state index is 11.0. The molecule has 0 saturated carbocycles. The number of benzene rings is 1. The van der Waals surface area contributed by atoms with E-state index in [9.17, 15) is 15.2 Å². The average Bonchev–Trinajstić information content (AvgIpc) is 2.44. The van der Waals surface area contributed by atoms with Crippen molar-refractivity contribution in [2.75, 3.05) is 20.8 Å². The second-order valence-corrected chi connectivity index (χ2v) is 3.73. The Kier molecular flexibility index (Phi) is 5.27. The summed E-state index contributed by atoms with van der Waals surface area (Å²) in [6, 6.07) is 2.49. The standard InChI is InChI=1S/C12H16N2O6/c1-4-20-12(13)10(15)7-5-8(14(16)17)11(19-3)9(6-7)18-2/h5-6,10,13,15H,4H2,1-3H3. The number of rotatable bonds is 6. The number of aliphatic hydroxyl groups is 1. The summed E-state index contributed by atoms with van der Waals surface area (Å²) in [5.41, 5.74) is -0.238. The van der Waals surface area contributed by atoms with E-state index in [0.717, 1.165) is 6.07 Å². The number of methoxy groups -OCH3 is 2. The van der Waals surface area contributed by atoms with E-state index in [2.05, 4.69) is 0 Å². The monoisotopic (exact) mass is 284 g/mol. The van der Waals surface area contributed by atoms with Crippen molar-refractivity contribution >= 4 is 11.6 Å².